The van der Waals surface area contributed by atoms with Crippen molar-refractivity contribution in [2.24, 2.45) is 5.41 Å². The molecule has 0 saturated carbocycles. The number of ether oxygens (including phenoxy) is 6. The fourth-order valence-electron chi connectivity index (χ4n) is 14.0. The van der Waals surface area contributed by atoms with Crippen molar-refractivity contribution < 1.29 is 96.2 Å². The smallest absolute Gasteiger partial charge is 0.870 e. The topological polar surface area (TPSA) is 283 Å². The number of hydrogen-bond donors (Lipinski definition) is 2. The third-order valence-corrected chi connectivity index (χ3v) is 19.2. The molecule has 3 N–H and O–H groups in total. The van der Waals surface area contributed by atoms with E-state index in [0.29, 0.717) is 16.5 Å². The molecule has 4 unspecified atom stereocenters. The first-order chi connectivity index (χ1) is 47.4. The maximum absolute atomic E-state index is 13.5. The van der Waals surface area contributed by atoms with Crippen LogP contribution >= 0.6 is 0 Å². The van der Waals surface area contributed by atoms with Crippen molar-refractivity contribution in [1.29, 1.82) is 0 Å². The van der Waals surface area contributed by atoms with Crippen LogP contribution in [0.25, 0.3) is 0 Å². The molecule has 1 aromatic heterocycles. The number of carboxylic acid groups (broad SMARTS) is 1. The van der Waals surface area contributed by atoms with Gasteiger partial charge in [0, 0.05) is 71.0 Å². The van der Waals surface area contributed by atoms with Gasteiger partial charge in [0.2, 0.25) is 0 Å². The van der Waals surface area contributed by atoms with E-state index in [4.69, 9.17) is 33.5 Å². The van der Waals surface area contributed by atoms with E-state index in [-0.39, 0.29) is 90.2 Å². The Hall–Kier alpha value is -8.65. The van der Waals surface area contributed by atoms with Gasteiger partial charge in [-0.25, -0.2) is 33.6 Å². The van der Waals surface area contributed by atoms with E-state index in [9.17, 15) is 38.4 Å². The van der Waals surface area contributed by atoms with E-state index >= 15 is 0 Å². The molecule has 4 aromatic carbocycles. The molecule has 0 bridgehead atoms. The Kier molecular flexibility index (Phi) is 28.1. The number of benzene rings is 4. The number of nitrogens with one attached hydrogen (secondary N) is 1. The van der Waals surface area contributed by atoms with Gasteiger partial charge in [0.15, 0.2) is 0 Å². The largest absolute Gasteiger partial charge is 1.00 e. The Morgan fingerprint density at radius 3 is 1.20 bits per heavy atom. The molecule has 2 saturated heterocycles. The minimum absolute atomic E-state index is 0. The van der Waals surface area contributed by atoms with Crippen molar-refractivity contribution in [2.45, 2.75) is 207 Å². The number of fused-ring (bicyclic) bond motifs is 4. The molecule has 5 aromatic rings. The number of nitrogens with zero attached hydrogens (tertiary/aromatic N) is 6. The number of alkyl carbamates (subject to hydrolysis) is 1. The molecule has 4 aliphatic carbocycles. The van der Waals surface area contributed by atoms with Crippen LogP contribution in [0.4, 0.5) is 24.9 Å². The quantitative estimate of drug-likeness (QED) is 0.0788. The number of aryl methyl sites for hydroxylation is 4. The summed E-state index contributed by atoms with van der Waals surface area (Å²) in [7, 11) is 7.94. The number of aromatic nitrogens is 1. The van der Waals surface area contributed by atoms with E-state index in [2.05, 4.69) is 33.4 Å². The Balaban J connectivity index is 0.000000222. The zero-order valence-corrected chi connectivity index (χ0v) is 63.7. The second-order valence-electron chi connectivity index (χ2n) is 31.1. The van der Waals surface area contributed by atoms with Crippen LogP contribution in [-0.4, -0.2) is 167 Å². The van der Waals surface area contributed by atoms with E-state index in [0.717, 1.165) is 135 Å². The zero-order valence-electron chi connectivity index (χ0n) is 63.7. The first kappa shape index (κ1) is 83.3. The Morgan fingerprint density at radius 1 is 0.476 bits per heavy atom. The molecular weight excluding hydrogens is 1310 g/mol. The van der Waals surface area contributed by atoms with Gasteiger partial charge in [0.1, 0.15) is 22.4 Å². The monoisotopic (exact) mass is 1420 g/mol. The number of rotatable bonds is 9. The number of hydrogen-bond acceptors (Lipinski definition) is 17. The normalized spacial score (nSPS) is 18.1. The first-order valence-corrected chi connectivity index (χ1v) is 35.1. The van der Waals surface area contributed by atoms with Crippen LogP contribution in [0.1, 0.15) is 245 Å². The van der Waals surface area contributed by atoms with Crippen LogP contribution < -0.4 is 29.1 Å². The fourth-order valence-corrected chi connectivity index (χ4v) is 14.0. The zero-order chi connectivity index (χ0) is 74.1. The van der Waals surface area contributed by atoms with Crippen molar-refractivity contribution in [1.82, 2.24) is 29.9 Å². The number of piperidine rings is 2. The molecule has 1 spiro atoms. The van der Waals surface area contributed by atoms with Crippen molar-refractivity contribution in [3.8, 4) is 0 Å². The van der Waals surface area contributed by atoms with Crippen LogP contribution in [0, 0.1) is 5.41 Å². The van der Waals surface area contributed by atoms with Gasteiger partial charge in [-0.2, -0.15) is 0 Å². The molecular formula is C79H106LiN7O16. The Morgan fingerprint density at radius 2 is 0.816 bits per heavy atom. The molecule has 5 amide bonds. The number of carboxylic acids is 1. The summed E-state index contributed by atoms with van der Waals surface area (Å²) < 4.78 is 31.1. The number of pyridine rings is 1. The fraction of sp³-hybridized carbons (Fsp3) is 0.532. The van der Waals surface area contributed by atoms with Crippen LogP contribution in [0.15, 0.2) is 97.3 Å². The van der Waals surface area contributed by atoms with Crippen LogP contribution in [0.3, 0.4) is 0 Å². The molecule has 11 rings (SSSR count). The summed E-state index contributed by atoms with van der Waals surface area (Å²) in [5, 5.41) is 12.0. The van der Waals surface area contributed by atoms with Gasteiger partial charge in [0.25, 0.3) is 5.91 Å². The number of carbonyl (C=O) groups is 8. The third-order valence-electron chi connectivity index (χ3n) is 19.2. The molecule has 3 heterocycles. The Bertz CT molecular complexity index is 3820. The summed E-state index contributed by atoms with van der Waals surface area (Å²) in [6, 6.07) is 25.9. The number of amides is 5. The van der Waals surface area contributed by atoms with Crippen molar-refractivity contribution in [2.75, 3.05) is 66.4 Å². The second-order valence-corrected chi connectivity index (χ2v) is 31.1. The molecule has 2 fully saturated rings. The molecule has 103 heavy (non-hydrogen) atoms. The van der Waals surface area contributed by atoms with Gasteiger partial charge in [0.05, 0.1) is 55.1 Å². The summed E-state index contributed by atoms with van der Waals surface area (Å²) in [6.07, 6.45) is 13.5. The molecule has 0 radical (unpaired) electrons. The molecule has 554 valence electrons. The van der Waals surface area contributed by atoms with E-state index < -0.39 is 34.5 Å². The van der Waals surface area contributed by atoms with Gasteiger partial charge in [-0.1, -0.05) is 24.3 Å². The maximum atomic E-state index is 13.5. The van der Waals surface area contributed by atoms with E-state index in [1.807, 2.05) is 137 Å². The minimum atomic E-state index is -0.955. The molecule has 23 nitrogen and oxygen atoms in total. The standard InChI is InChI=1S/C30H40N4O3.C17H23NO4.2C16H21NO4.Li.H2O/c1-29(2,3)37-28(36)32(4)26-8-7-22-5-6-23(21-25(22)26)27(35)34-19-13-30(14-20-34)11-17-33(18-12-30)24-9-15-31-16-10-24;1-17(2,3)22-16(20)18(4)14-9-8-11-6-7-12(10-13(11)14)15(19)21-5;1-16(2,3)21-15(19)17-13-8-7-10-5-6-11(9-12(10)13)14(18)20-4;1-16(2,3)21-15(20)17(4)13-8-7-10-5-6-11(14(18)19)9-12(10)13;;/h5-6,9-10,15-16,21,26H,7-8,11-14,17-20H2,1-4H3;6-7,10,14H,8-9H2,1-5H3;5-6,9,13H,7-8H2,1-4H3,(H,17,19);5-6,9,13H,7-8H2,1-4H3,(H,18,19);;1H2/q;;;;+1;/p-1. The number of esters is 2. The minimum Gasteiger partial charge on any atom is -0.870 e. The summed E-state index contributed by atoms with van der Waals surface area (Å²) in [5.41, 5.74) is 10.0. The van der Waals surface area contributed by atoms with E-state index in [1.54, 1.807) is 66.2 Å². The average Bonchev–Trinajstić information content (AvgIpc) is 1.80. The van der Waals surface area contributed by atoms with E-state index in [1.165, 1.54) is 38.3 Å². The van der Waals surface area contributed by atoms with Crippen molar-refractivity contribution in [3.05, 3.63) is 164 Å². The summed E-state index contributed by atoms with van der Waals surface area (Å²) in [5.74, 6) is -1.59. The molecule has 6 aliphatic rings. The van der Waals surface area contributed by atoms with Crippen molar-refractivity contribution in [3.63, 3.8) is 0 Å². The van der Waals surface area contributed by atoms with Gasteiger partial charge >= 0.3 is 61.1 Å². The summed E-state index contributed by atoms with van der Waals surface area (Å²) in [4.78, 5) is 110. The third kappa shape index (κ3) is 22.2. The number of carbonyl (C=O) groups excluding carboxylic acids is 7. The van der Waals surface area contributed by atoms with Crippen LogP contribution in [0.5, 0.6) is 0 Å². The predicted molar refractivity (Wildman–Crippen MR) is 386 cm³/mol. The first-order valence-electron chi connectivity index (χ1n) is 35.1. The number of aromatic carboxylic acids is 1. The van der Waals surface area contributed by atoms with Gasteiger partial charge in [-0.3, -0.25) is 9.78 Å². The predicted octanol–water partition coefficient (Wildman–Crippen LogP) is 11.8. The average molecular weight is 1420 g/mol. The molecule has 24 heteroatoms. The summed E-state index contributed by atoms with van der Waals surface area (Å²) >= 11 is 0. The molecule has 4 atom stereocenters. The summed E-state index contributed by atoms with van der Waals surface area (Å²) in [6.45, 7) is 25.9. The van der Waals surface area contributed by atoms with Gasteiger partial charge < -0.3 is 68.8 Å². The van der Waals surface area contributed by atoms with Crippen LogP contribution in [0.2, 0.25) is 0 Å². The van der Waals surface area contributed by atoms with Crippen molar-refractivity contribution >= 4 is 53.9 Å². The maximum Gasteiger partial charge on any atom is 1.00 e. The second kappa shape index (κ2) is 34.8. The Labute approximate surface area is 619 Å². The van der Waals surface area contributed by atoms with Crippen LogP contribution in [-0.2, 0) is 54.1 Å². The number of anilines is 1. The van der Waals surface area contributed by atoms with Gasteiger partial charge in [-0.05, 0) is 271 Å². The molecule has 2 aliphatic heterocycles. The SMILES string of the molecule is CN(C(=O)OC(C)(C)C)C1CCc2ccc(C(=O)N3CCC4(CC3)CCN(c3ccncc3)CC4)cc21.CN(C(=O)OC(C)(C)C)C1CCc2ccc(C(=O)O)cc21.COC(=O)c1ccc2c(c1)C(N(C)C(=O)OC(C)(C)C)CC2.COC(=O)c1ccc2c(c1)C(NC(=O)OC(C)(C)C)CC2.[Li+].[OH-]. The number of methoxy groups -OCH3 is 2. The number of likely N-dealkylation sites (tertiary alicyclic amines) is 1. The van der Waals surface area contributed by atoms with Gasteiger partial charge in [-0.15, -0.1) is 0 Å².